The fourth-order valence-electron chi connectivity index (χ4n) is 1.75. The number of nitrogens with one attached hydrogen (secondary N) is 1. The molecule has 2 aromatic rings. The smallest absolute Gasteiger partial charge is 0.128 e. The summed E-state index contributed by atoms with van der Waals surface area (Å²) in [5.41, 5.74) is 1.32. The zero-order valence-corrected chi connectivity index (χ0v) is 11.0. The summed E-state index contributed by atoms with van der Waals surface area (Å²) in [5.74, 6) is -0.857. The molecule has 0 aliphatic heterocycles. The maximum Gasteiger partial charge on any atom is 0.128 e. The maximum absolute atomic E-state index is 13.5. The highest BCUT2D eigenvalue weighted by molar-refractivity contribution is 5.19. The van der Waals surface area contributed by atoms with Gasteiger partial charge in [0.15, 0.2) is 0 Å². The van der Waals surface area contributed by atoms with Crippen LogP contribution in [0.3, 0.4) is 0 Å². The first-order valence-corrected chi connectivity index (χ1v) is 6.23. The Morgan fingerprint density at radius 3 is 2.84 bits per heavy atom. The number of aromatic nitrogens is 2. The second-order valence-electron chi connectivity index (χ2n) is 4.82. The summed E-state index contributed by atoms with van der Waals surface area (Å²) in [6, 6.07) is 3.84. The van der Waals surface area contributed by atoms with Crippen molar-refractivity contribution in [2.45, 2.75) is 33.0 Å². The molecule has 2 rings (SSSR count). The number of benzene rings is 1. The van der Waals surface area contributed by atoms with Crippen LogP contribution in [-0.2, 0) is 13.1 Å². The molecule has 5 heteroatoms. The molecule has 1 heterocycles. The zero-order valence-electron chi connectivity index (χ0n) is 11.0. The van der Waals surface area contributed by atoms with Gasteiger partial charge in [0.05, 0.1) is 12.7 Å². The molecule has 0 atom stereocenters. The second-order valence-corrected chi connectivity index (χ2v) is 4.82. The summed E-state index contributed by atoms with van der Waals surface area (Å²) in [6.07, 6.45) is 3.56. The van der Waals surface area contributed by atoms with E-state index in [-0.39, 0.29) is 6.54 Å². The van der Waals surface area contributed by atoms with Gasteiger partial charge in [0, 0.05) is 29.9 Å². The van der Waals surface area contributed by atoms with Gasteiger partial charge in [-0.15, -0.1) is 0 Å². The van der Waals surface area contributed by atoms with Crippen LogP contribution in [0.25, 0.3) is 0 Å². The molecular formula is C14H17F2N3. The van der Waals surface area contributed by atoms with Gasteiger partial charge in [0.25, 0.3) is 0 Å². The SMILES string of the molecule is CC(C)NCc1cnn(Cc2cc(F)ccc2F)c1. The monoisotopic (exact) mass is 265 g/mol. The Bertz CT molecular complexity index is 549. The van der Waals surface area contributed by atoms with E-state index >= 15 is 0 Å². The molecule has 0 aliphatic rings. The van der Waals surface area contributed by atoms with Crippen LogP contribution in [0.4, 0.5) is 8.78 Å². The average molecular weight is 265 g/mol. The van der Waals surface area contributed by atoms with Gasteiger partial charge in [-0.3, -0.25) is 4.68 Å². The number of hydrogen-bond donors (Lipinski definition) is 1. The zero-order chi connectivity index (χ0) is 13.8. The van der Waals surface area contributed by atoms with Crippen LogP contribution in [0.2, 0.25) is 0 Å². The fraction of sp³-hybridized carbons (Fsp3) is 0.357. The van der Waals surface area contributed by atoms with Crippen molar-refractivity contribution < 1.29 is 8.78 Å². The molecule has 102 valence electrons. The first kappa shape index (κ1) is 13.7. The Hall–Kier alpha value is -1.75. The van der Waals surface area contributed by atoms with Crippen LogP contribution in [0.1, 0.15) is 25.0 Å². The molecular weight excluding hydrogens is 248 g/mol. The number of hydrogen-bond acceptors (Lipinski definition) is 2. The van der Waals surface area contributed by atoms with E-state index in [0.29, 0.717) is 18.2 Å². The van der Waals surface area contributed by atoms with Gasteiger partial charge in [0.1, 0.15) is 11.6 Å². The molecule has 1 N–H and O–H groups in total. The fourth-order valence-corrected chi connectivity index (χ4v) is 1.75. The van der Waals surface area contributed by atoms with E-state index in [1.54, 1.807) is 10.9 Å². The van der Waals surface area contributed by atoms with Gasteiger partial charge < -0.3 is 5.32 Å². The number of nitrogens with zero attached hydrogens (tertiary/aromatic N) is 2. The predicted octanol–water partition coefficient (Wildman–Crippen LogP) is 2.71. The quantitative estimate of drug-likeness (QED) is 0.900. The molecule has 1 aromatic carbocycles. The molecule has 0 amide bonds. The van der Waals surface area contributed by atoms with Crippen molar-refractivity contribution in [3.05, 3.63) is 53.4 Å². The minimum atomic E-state index is -0.440. The van der Waals surface area contributed by atoms with E-state index in [9.17, 15) is 8.78 Å². The molecule has 0 saturated heterocycles. The maximum atomic E-state index is 13.5. The highest BCUT2D eigenvalue weighted by Gasteiger charge is 2.06. The van der Waals surface area contributed by atoms with Crippen molar-refractivity contribution >= 4 is 0 Å². The average Bonchev–Trinajstić information content (AvgIpc) is 2.79. The molecule has 0 saturated carbocycles. The molecule has 19 heavy (non-hydrogen) atoms. The lowest BCUT2D eigenvalue weighted by atomic mass is 10.2. The minimum Gasteiger partial charge on any atom is -0.310 e. The molecule has 1 aromatic heterocycles. The van der Waals surface area contributed by atoms with Gasteiger partial charge in [0.2, 0.25) is 0 Å². The third-order valence-corrected chi connectivity index (χ3v) is 2.74. The highest BCUT2D eigenvalue weighted by atomic mass is 19.1. The number of halogens is 2. The van der Waals surface area contributed by atoms with E-state index in [2.05, 4.69) is 24.3 Å². The van der Waals surface area contributed by atoms with Gasteiger partial charge in [-0.05, 0) is 18.2 Å². The summed E-state index contributed by atoms with van der Waals surface area (Å²) in [7, 11) is 0. The van der Waals surface area contributed by atoms with Gasteiger partial charge in [-0.25, -0.2) is 8.78 Å². The van der Waals surface area contributed by atoms with E-state index in [0.717, 1.165) is 17.7 Å². The van der Waals surface area contributed by atoms with E-state index in [1.165, 1.54) is 6.07 Å². The third kappa shape index (κ3) is 3.86. The minimum absolute atomic E-state index is 0.227. The largest absolute Gasteiger partial charge is 0.310 e. The first-order valence-electron chi connectivity index (χ1n) is 6.23. The lowest BCUT2D eigenvalue weighted by molar-refractivity contribution is 0.565. The summed E-state index contributed by atoms with van der Waals surface area (Å²) < 4.78 is 28.2. The molecule has 0 fully saturated rings. The van der Waals surface area contributed by atoms with Crippen LogP contribution in [0, 0.1) is 11.6 Å². The summed E-state index contributed by atoms with van der Waals surface area (Å²) >= 11 is 0. The lowest BCUT2D eigenvalue weighted by Crippen LogP contribution is -2.21. The van der Waals surface area contributed by atoms with Crippen LogP contribution < -0.4 is 5.32 Å². The summed E-state index contributed by atoms with van der Waals surface area (Å²) in [5, 5.41) is 7.42. The molecule has 0 spiro atoms. The van der Waals surface area contributed by atoms with Crippen molar-refractivity contribution in [3.63, 3.8) is 0 Å². The Morgan fingerprint density at radius 1 is 1.32 bits per heavy atom. The van der Waals surface area contributed by atoms with Crippen molar-refractivity contribution in [1.29, 1.82) is 0 Å². The van der Waals surface area contributed by atoms with Gasteiger partial charge in [-0.2, -0.15) is 5.10 Å². The topological polar surface area (TPSA) is 29.9 Å². The van der Waals surface area contributed by atoms with Crippen molar-refractivity contribution in [1.82, 2.24) is 15.1 Å². The molecule has 0 unspecified atom stereocenters. The number of rotatable bonds is 5. The Labute approximate surface area is 111 Å². The van der Waals surface area contributed by atoms with Gasteiger partial charge >= 0.3 is 0 Å². The van der Waals surface area contributed by atoms with Crippen LogP contribution in [0.5, 0.6) is 0 Å². The molecule has 0 radical (unpaired) electrons. The van der Waals surface area contributed by atoms with Crippen LogP contribution in [0.15, 0.2) is 30.6 Å². The summed E-state index contributed by atoms with van der Waals surface area (Å²) in [6.45, 7) is 5.06. The van der Waals surface area contributed by atoms with Crippen molar-refractivity contribution in [2.75, 3.05) is 0 Å². The Kier molecular flexibility index (Phi) is 4.27. The van der Waals surface area contributed by atoms with Gasteiger partial charge in [-0.1, -0.05) is 13.8 Å². The van der Waals surface area contributed by atoms with E-state index < -0.39 is 11.6 Å². The van der Waals surface area contributed by atoms with Crippen molar-refractivity contribution in [2.24, 2.45) is 0 Å². The third-order valence-electron chi connectivity index (χ3n) is 2.74. The Balaban J connectivity index is 2.05. The molecule has 0 bridgehead atoms. The predicted molar refractivity (Wildman–Crippen MR) is 69.7 cm³/mol. The van der Waals surface area contributed by atoms with E-state index in [1.807, 2.05) is 6.20 Å². The summed E-state index contributed by atoms with van der Waals surface area (Å²) in [4.78, 5) is 0. The Morgan fingerprint density at radius 2 is 2.11 bits per heavy atom. The lowest BCUT2D eigenvalue weighted by Gasteiger charge is -2.05. The van der Waals surface area contributed by atoms with Crippen molar-refractivity contribution in [3.8, 4) is 0 Å². The highest BCUT2D eigenvalue weighted by Crippen LogP contribution is 2.11. The van der Waals surface area contributed by atoms with Crippen LogP contribution in [-0.4, -0.2) is 15.8 Å². The van der Waals surface area contributed by atoms with Crippen LogP contribution >= 0.6 is 0 Å². The standard InChI is InChI=1S/C14H17F2N3/c1-10(2)17-6-11-7-18-19(8-11)9-12-5-13(15)3-4-14(12)16/h3-5,7-8,10,17H,6,9H2,1-2H3. The first-order chi connectivity index (χ1) is 9.04. The second kappa shape index (κ2) is 5.93. The molecule has 3 nitrogen and oxygen atoms in total. The normalized spacial score (nSPS) is 11.2. The van der Waals surface area contributed by atoms with E-state index in [4.69, 9.17) is 0 Å². The molecule has 0 aliphatic carbocycles.